The summed E-state index contributed by atoms with van der Waals surface area (Å²) in [5, 5.41) is 39.2. The Morgan fingerprint density at radius 3 is 2.05 bits per heavy atom. The molecular formula is C23H33N5O10. The van der Waals surface area contributed by atoms with Gasteiger partial charge in [0.1, 0.15) is 24.4 Å². The molecule has 0 aliphatic rings. The highest BCUT2D eigenvalue weighted by molar-refractivity contribution is 5.91. The molecule has 0 aromatic heterocycles. The number of hydrogen-bond acceptors (Lipinski definition) is 7. The Hall–Kier alpha value is -4.56. The van der Waals surface area contributed by atoms with E-state index >= 15 is 0 Å². The first kappa shape index (κ1) is 31.5. The summed E-state index contributed by atoms with van der Waals surface area (Å²) in [7, 11) is 0. The summed E-state index contributed by atoms with van der Waals surface area (Å²) in [5.74, 6) is -3.79. The molecule has 0 heterocycles. The number of urea groups is 2. The molecule has 8 N–H and O–H groups in total. The maximum atomic E-state index is 12.2. The molecule has 15 heteroatoms. The summed E-state index contributed by atoms with van der Waals surface area (Å²) in [6.07, 6.45) is -0.161. The van der Waals surface area contributed by atoms with E-state index in [0.717, 1.165) is 0 Å². The third-order valence-corrected chi connectivity index (χ3v) is 4.93. The van der Waals surface area contributed by atoms with Crippen molar-refractivity contribution in [3.63, 3.8) is 0 Å². The maximum absolute atomic E-state index is 12.2. The van der Waals surface area contributed by atoms with Crippen molar-refractivity contribution in [2.75, 3.05) is 25.0 Å². The van der Waals surface area contributed by atoms with E-state index in [2.05, 4.69) is 26.6 Å². The Labute approximate surface area is 218 Å². The molecule has 38 heavy (non-hydrogen) atoms. The average molecular weight is 540 g/mol. The molecular weight excluding hydrogens is 506 g/mol. The van der Waals surface area contributed by atoms with E-state index in [-0.39, 0.29) is 31.9 Å². The number of amides is 5. The van der Waals surface area contributed by atoms with Crippen LogP contribution in [0.2, 0.25) is 0 Å². The molecule has 1 rings (SSSR count). The quantitative estimate of drug-likeness (QED) is 0.128. The van der Waals surface area contributed by atoms with Gasteiger partial charge in [0, 0.05) is 19.9 Å². The SMILES string of the molecule is CC(=O)NCCOc1ccccc1NC(=O)NCCCC[C@H](NC(=O)N[C@@H](CCC(=O)O)C(=O)O)C(=O)O. The van der Waals surface area contributed by atoms with Crippen LogP contribution in [0.4, 0.5) is 15.3 Å². The van der Waals surface area contributed by atoms with Gasteiger partial charge in [-0.15, -0.1) is 0 Å². The van der Waals surface area contributed by atoms with Gasteiger partial charge < -0.3 is 46.6 Å². The predicted octanol–water partition coefficient (Wildman–Crippen LogP) is 0.564. The van der Waals surface area contributed by atoms with Crippen LogP contribution in [0.25, 0.3) is 0 Å². The number of ether oxygens (including phenoxy) is 1. The monoisotopic (exact) mass is 539 g/mol. The average Bonchev–Trinajstić information content (AvgIpc) is 2.83. The smallest absolute Gasteiger partial charge is 0.326 e. The van der Waals surface area contributed by atoms with Gasteiger partial charge in [0.15, 0.2) is 0 Å². The Balaban J connectivity index is 2.42. The first-order chi connectivity index (χ1) is 18.0. The Morgan fingerprint density at radius 1 is 0.816 bits per heavy atom. The topological polar surface area (TPSA) is 232 Å². The van der Waals surface area contributed by atoms with Gasteiger partial charge in [-0.05, 0) is 37.8 Å². The van der Waals surface area contributed by atoms with Crippen molar-refractivity contribution in [3.05, 3.63) is 24.3 Å². The largest absolute Gasteiger partial charge is 0.490 e. The molecule has 0 saturated heterocycles. The van der Waals surface area contributed by atoms with E-state index in [9.17, 15) is 33.9 Å². The molecule has 1 aromatic carbocycles. The number of carboxylic acids is 3. The van der Waals surface area contributed by atoms with Crippen LogP contribution in [0.1, 0.15) is 39.0 Å². The number of anilines is 1. The van der Waals surface area contributed by atoms with E-state index in [1.165, 1.54) is 6.92 Å². The summed E-state index contributed by atoms with van der Waals surface area (Å²) in [6, 6.07) is 2.34. The molecule has 0 unspecified atom stereocenters. The first-order valence-corrected chi connectivity index (χ1v) is 11.7. The Morgan fingerprint density at radius 2 is 1.45 bits per heavy atom. The Kier molecular flexibility index (Phi) is 14.1. The minimum atomic E-state index is -1.49. The molecule has 0 spiro atoms. The number of carbonyl (C=O) groups is 6. The third kappa shape index (κ3) is 13.5. The number of aliphatic carboxylic acids is 3. The van der Waals surface area contributed by atoms with E-state index < -0.39 is 48.5 Å². The minimum Gasteiger partial charge on any atom is -0.490 e. The molecule has 0 aliphatic heterocycles. The summed E-state index contributed by atoms with van der Waals surface area (Å²) >= 11 is 0. The number of hydrogen-bond donors (Lipinski definition) is 8. The van der Waals surface area contributed by atoms with Crippen LogP contribution in [0, 0.1) is 0 Å². The number of nitrogens with one attached hydrogen (secondary N) is 5. The summed E-state index contributed by atoms with van der Waals surface area (Å²) < 4.78 is 5.56. The summed E-state index contributed by atoms with van der Waals surface area (Å²) in [5.41, 5.74) is 0.414. The molecule has 2 atom stereocenters. The summed E-state index contributed by atoms with van der Waals surface area (Å²) in [6.45, 7) is 2.09. The van der Waals surface area contributed by atoms with Crippen molar-refractivity contribution < 1.29 is 48.8 Å². The van der Waals surface area contributed by atoms with Crippen molar-refractivity contribution in [2.24, 2.45) is 0 Å². The van der Waals surface area contributed by atoms with Crippen molar-refractivity contribution in [2.45, 2.75) is 51.1 Å². The number of unbranched alkanes of at least 4 members (excludes halogenated alkanes) is 1. The second-order valence-electron chi connectivity index (χ2n) is 8.04. The second-order valence-corrected chi connectivity index (χ2v) is 8.04. The lowest BCUT2D eigenvalue weighted by Crippen LogP contribution is -2.51. The molecule has 0 bridgehead atoms. The molecule has 15 nitrogen and oxygen atoms in total. The zero-order valence-electron chi connectivity index (χ0n) is 20.8. The van der Waals surface area contributed by atoms with Crippen LogP contribution in [-0.4, -0.2) is 83.0 Å². The second kappa shape index (κ2) is 17.0. The van der Waals surface area contributed by atoms with Gasteiger partial charge >= 0.3 is 30.0 Å². The van der Waals surface area contributed by atoms with Gasteiger partial charge in [-0.1, -0.05) is 12.1 Å². The lowest BCUT2D eigenvalue weighted by Gasteiger charge is -2.18. The molecule has 0 aliphatic carbocycles. The highest BCUT2D eigenvalue weighted by Crippen LogP contribution is 2.23. The fraction of sp³-hybridized carbons (Fsp3) is 0.478. The van der Waals surface area contributed by atoms with Crippen LogP contribution < -0.4 is 31.3 Å². The van der Waals surface area contributed by atoms with Crippen LogP contribution in [0.3, 0.4) is 0 Å². The molecule has 0 radical (unpaired) electrons. The van der Waals surface area contributed by atoms with Gasteiger partial charge in [0.2, 0.25) is 5.91 Å². The highest BCUT2D eigenvalue weighted by atomic mass is 16.5. The number of benzene rings is 1. The lowest BCUT2D eigenvalue weighted by atomic mass is 10.1. The van der Waals surface area contributed by atoms with Gasteiger partial charge in [-0.3, -0.25) is 9.59 Å². The number of rotatable bonds is 17. The fourth-order valence-corrected chi connectivity index (χ4v) is 3.07. The van der Waals surface area contributed by atoms with Gasteiger partial charge in [0.05, 0.1) is 12.2 Å². The van der Waals surface area contributed by atoms with Crippen LogP contribution >= 0.6 is 0 Å². The number of carboxylic acid groups (broad SMARTS) is 3. The third-order valence-electron chi connectivity index (χ3n) is 4.93. The van der Waals surface area contributed by atoms with Crippen LogP contribution in [0.15, 0.2) is 24.3 Å². The van der Waals surface area contributed by atoms with Crippen molar-refractivity contribution in [1.29, 1.82) is 0 Å². The van der Waals surface area contributed by atoms with E-state index in [0.29, 0.717) is 30.8 Å². The molecule has 5 amide bonds. The highest BCUT2D eigenvalue weighted by Gasteiger charge is 2.24. The zero-order chi connectivity index (χ0) is 28.5. The number of para-hydroxylation sites is 2. The van der Waals surface area contributed by atoms with E-state index in [1.807, 2.05) is 0 Å². The molecule has 210 valence electrons. The standard InChI is InChI=1S/C23H33N5O10/c1-14(29)24-12-13-38-18-8-3-2-6-15(18)26-22(36)25-11-5-4-7-16(20(32)33)27-23(37)28-17(21(34)35)9-10-19(30)31/h2-3,6,8,16-17H,4-5,7,9-13H2,1H3,(H,24,29)(H,30,31)(H,32,33)(H,34,35)(H2,25,26,36)(H2,27,28,37)/t16-,17-/m0/s1. The van der Waals surface area contributed by atoms with Gasteiger partial charge in [-0.25, -0.2) is 19.2 Å². The fourth-order valence-electron chi connectivity index (χ4n) is 3.07. The van der Waals surface area contributed by atoms with E-state index in [1.54, 1.807) is 24.3 Å². The van der Waals surface area contributed by atoms with Crippen molar-refractivity contribution in [1.82, 2.24) is 21.3 Å². The number of carbonyl (C=O) groups excluding carboxylic acids is 3. The van der Waals surface area contributed by atoms with Crippen LogP contribution in [0.5, 0.6) is 5.75 Å². The Bertz CT molecular complexity index is 987. The molecule has 0 fully saturated rings. The lowest BCUT2D eigenvalue weighted by molar-refractivity contribution is -0.140. The molecule has 1 aromatic rings. The van der Waals surface area contributed by atoms with E-state index in [4.69, 9.17) is 14.9 Å². The maximum Gasteiger partial charge on any atom is 0.326 e. The van der Waals surface area contributed by atoms with Gasteiger partial charge in [0.25, 0.3) is 0 Å². The van der Waals surface area contributed by atoms with Gasteiger partial charge in [-0.2, -0.15) is 0 Å². The van der Waals surface area contributed by atoms with Crippen LogP contribution in [-0.2, 0) is 19.2 Å². The van der Waals surface area contributed by atoms with Crippen molar-refractivity contribution >= 4 is 41.6 Å². The molecule has 0 saturated carbocycles. The normalized spacial score (nSPS) is 11.8. The van der Waals surface area contributed by atoms with Crippen molar-refractivity contribution in [3.8, 4) is 5.75 Å². The first-order valence-electron chi connectivity index (χ1n) is 11.7. The predicted molar refractivity (Wildman–Crippen MR) is 133 cm³/mol. The zero-order valence-corrected chi connectivity index (χ0v) is 20.8. The summed E-state index contributed by atoms with van der Waals surface area (Å²) in [4.78, 5) is 68.4. The minimum absolute atomic E-state index is 0.00386.